The summed E-state index contributed by atoms with van der Waals surface area (Å²) >= 11 is 7.42. The van der Waals surface area contributed by atoms with E-state index in [4.69, 9.17) is 11.6 Å². The van der Waals surface area contributed by atoms with Crippen molar-refractivity contribution in [2.75, 3.05) is 24.5 Å². The molecule has 0 aromatic carbocycles. The molecule has 0 saturated carbocycles. The lowest BCUT2D eigenvalue weighted by Crippen LogP contribution is -2.49. The molecule has 1 atom stereocenters. The number of halogens is 1. The zero-order chi connectivity index (χ0) is 12.5. The lowest BCUT2D eigenvalue weighted by molar-refractivity contribution is 0.480. The van der Waals surface area contributed by atoms with Crippen molar-refractivity contribution in [3.8, 4) is 10.7 Å². The Morgan fingerprint density at radius 2 is 2.39 bits per heavy atom. The molecular formula is C11H14ClN5S. The number of nitrogens with zero attached hydrogens (tertiary/aromatic N) is 3. The molecule has 1 fully saturated rings. The lowest BCUT2D eigenvalue weighted by Gasteiger charge is -2.30. The maximum absolute atomic E-state index is 5.92. The molecule has 7 heteroatoms. The molecule has 18 heavy (non-hydrogen) atoms. The summed E-state index contributed by atoms with van der Waals surface area (Å²) in [4.78, 5) is 7.74. The van der Waals surface area contributed by atoms with Crippen LogP contribution in [0.15, 0.2) is 12.1 Å². The van der Waals surface area contributed by atoms with E-state index >= 15 is 0 Å². The molecule has 96 valence electrons. The maximum atomic E-state index is 5.92. The predicted molar refractivity (Wildman–Crippen MR) is 74.4 cm³/mol. The van der Waals surface area contributed by atoms with Crippen LogP contribution in [-0.4, -0.2) is 40.9 Å². The highest BCUT2D eigenvalue weighted by Crippen LogP contribution is 2.29. The van der Waals surface area contributed by atoms with E-state index in [0.717, 1.165) is 40.6 Å². The van der Waals surface area contributed by atoms with Crippen molar-refractivity contribution >= 4 is 28.9 Å². The van der Waals surface area contributed by atoms with Crippen LogP contribution < -0.4 is 10.2 Å². The Labute approximate surface area is 114 Å². The Morgan fingerprint density at radius 3 is 3.11 bits per heavy atom. The number of H-pyrrole nitrogens is 1. The van der Waals surface area contributed by atoms with Gasteiger partial charge in [0, 0.05) is 25.7 Å². The van der Waals surface area contributed by atoms with Gasteiger partial charge < -0.3 is 10.2 Å². The second kappa shape index (κ2) is 4.87. The van der Waals surface area contributed by atoms with Gasteiger partial charge in [0.1, 0.15) is 0 Å². The van der Waals surface area contributed by atoms with Crippen molar-refractivity contribution in [3.05, 3.63) is 16.5 Å². The van der Waals surface area contributed by atoms with Gasteiger partial charge in [0.25, 0.3) is 0 Å². The van der Waals surface area contributed by atoms with Gasteiger partial charge >= 0.3 is 0 Å². The summed E-state index contributed by atoms with van der Waals surface area (Å²) in [5.74, 6) is 1.55. The molecule has 0 amide bonds. The van der Waals surface area contributed by atoms with Crippen LogP contribution >= 0.6 is 22.9 Å². The number of rotatable bonds is 2. The van der Waals surface area contributed by atoms with Crippen LogP contribution in [0.4, 0.5) is 5.95 Å². The van der Waals surface area contributed by atoms with Gasteiger partial charge in [-0.05, 0) is 19.1 Å². The third kappa shape index (κ3) is 2.36. The molecule has 2 aromatic heterocycles. The lowest BCUT2D eigenvalue weighted by atomic mass is 10.2. The molecule has 2 aromatic rings. The van der Waals surface area contributed by atoms with E-state index in [1.54, 1.807) is 0 Å². The average molecular weight is 284 g/mol. The summed E-state index contributed by atoms with van der Waals surface area (Å²) in [6.07, 6.45) is 0. The fourth-order valence-electron chi connectivity index (χ4n) is 2.06. The number of hydrogen-bond donors (Lipinski definition) is 2. The van der Waals surface area contributed by atoms with Crippen LogP contribution in [0.3, 0.4) is 0 Å². The molecular weight excluding hydrogens is 270 g/mol. The normalized spacial score (nSPS) is 20.3. The second-order valence-corrected chi connectivity index (χ2v) is 6.10. The Kier molecular flexibility index (Phi) is 3.23. The Balaban J connectivity index is 1.80. The fraction of sp³-hybridized carbons (Fsp3) is 0.455. The highest BCUT2D eigenvalue weighted by Gasteiger charge is 2.19. The highest BCUT2D eigenvalue weighted by atomic mass is 35.5. The van der Waals surface area contributed by atoms with Crippen molar-refractivity contribution in [3.63, 3.8) is 0 Å². The third-order valence-corrected chi connectivity index (χ3v) is 4.17. The van der Waals surface area contributed by atoms with Gasteiger partial charge in [-0.3, -0.25) is 5.10 Å². The molecule has 3 rings (SSSR count). The van der Waals surface area contributed by atoms with E-state index in [-0.39, 0.29) is 0 Å². The number of thiophene rings is 1. The number of hydrogen-bond acceptors (Lipinski definition) is 5. The van der Waals surface area contributed by atoms with Gasteiger partial charge in [-0.1, -0.05) is 11.6 Å². The first-order valence-corrected chi connectivity index (χ1v) is 7.08. The minimum Gasteiger partial charge on any atom is -0.337 e. The van der Waals surface area contributed by atoms with Gasteiger partial charge in [0.05, 0.1) is 9.21 Å². The second-order valence-electron chi connectivity index (χ2n) is 4.39. The molecule has 1 aliphatic heterocycles. The summed E-state index contributed by atoms with van der Waals surface area (Å²) < 4.78 is 0.763. The summed E-state index contributed by atoms with van der Waals surface area (Å²) in [5.41, 5.74) is 0. The SMILES string of the molecule is C[C@@H]1CN(c2n[nH]c(-c3ccc(Cl)s3)n2)CCN1. The van der Waals surface area contributed by atoms with Crippen molar-refractivity contribution in [1.82, 2.24) is 20.5 Å². The standard InChI is InChI=1S/C11H14ClN5S/c1-7-6-17(5-4-13-7)11-14-10(15-16-11)8-2-3-9(12)18-8/h2-3,7,13H,4-6H2,1H3,(H,14,15,16)/t7-/m1/s1. The van der Waals surface area contributed by atoms with Crippen molar-refractivity contribution < 1.29 is 0 Å². The molecule has 0 spiro atoms. The van der Waals surface area contributed by atoms with Crippen LogP contribution in [0.1, 0.15) is 6.92 Å². The summed E-state index contributed by atoms with van der Waals surface area (Å²) in [6, 6.07) is 4.30. The van der Waals surface area contributed by atoms with E-state index < -0.39 is 0 Å². The van der Waals surface area contributed by atoms with Crippen molar-refractivity contribution in [2.45, 2.75) is 13.0 Å². The maximum Gasteiger partial charge on any atom is 0.245 e. The van der Waals surface area contributed by atoms with E-state index in [0.29, 0.717) is 6.04 Å². The third-order valence-electron chi connectivity index (χ3n) is 2.93. The van der Waals surface area contributed by atoms with Gasteiger partial charge in [0.2, 0.25) is 5.95 Å². The van der Waals surface area contributed by atoms with Crippen LogP contribution in [0, 0.1) is 0 Å². The van der Waals surface area contributed by atoms with Crippen LogP contribution in [0.2, 0.25) is 4.34 Å². The fourth-order valence-corrected chi connectivity index (χ4v) is 3.04. The van der Waals surface area contributed by atoms with Crippen molar-refractivity contribution in [1.29, 1.82) is 0 Å². The summed E-state index contributed by atoms with van der Waals surface area (Å²) in [5, 5.41) is 10.7. The Morgan fingerprint density at radius 1 is 1.50 bits per heavy atom. The van der Waals surface area contributed by atoms with Crippen LogP contribution in [0.5, 0.6) is 0 Å². The van der Waals surface area contributed by atoms with Crippen molar-refractivity contribution in [2.24, 2.45) is 0 Å². The van der Waals surface area contributed by atoms with Gasteiger partial charge in [-0.25, -0.2) is 0 Å². The highest BCUT2D eigenvalue weighted by molar-refractivity contribution is 7.19. The van der Waals surface area contributed by atoms with Crippen LogP contribution in [0.25, 0.3) is 10.7 Å². The Hall–Kier alpha value is -1.11. The molecule has 1 saturated heterocycles. The number of anilines is 1. The van der Waals surface area contributed by atoms with Gasteiger partial charge in [0.15, 0.2) is 5.82 Å². The zero-order valence-electron chi connectivity index (χ0n) is 9.98. The Bertz CT molecular complexity index is 537. The van der Waals surface area contributed by atoms with Gasteiger partial charge in [-0.15, -0.1) is 16.4 Å². The summed E-state index contributed by atoms with van der Waals surface area (Å²) in [6.45, 7) is 5.00. The van der Waals surface area contributed by atoms with Gasteiger partial charge in [-0.2, -0.15) is 4.98 Å². The first-order valence-electron chi connectivity index (χ1n) is 5.89. The topological polar surface area (TPSA) is 56.8 Å². The molecule has 0 bridgehead atoms. The van der Waals surface area contributed by atoms with E-state index in [9.17, 15) is 0 Å². The minimum atomic E-state index is 0.469. The minimum absolute atomic E-state index is 0.469. The number of aromatic nitrogens is 3. The average Bonchev–Trinajstić information content (AvgIpc) is 2.97. The first kappa shape index (κ1) is 12.0. The smallest absolute Gasteiger partial charge is 0.245 e. The van der Waals surface area contributed by atoms with Crippen LogP contribution in [-0.2, 0) is 0 Å². The quantitative estimate of drug-likeness (QED) is 0.885. The monoisotopic (exact) mass is 283 g/mol. The predicted octanol–water partition coefficient (Wildman–Crippen LogP) is 1.98. The molecule has 0 unspecified atom stereocenters. The number of piperazine rings is 1. The molecule has 0 aliphatic carbocycles. The molecule has 1 aliphatic rings. The molecule has 0 radical (unpaired) electrons. The van der Waals surface area contributed by atoms with E-state index in [2.05, 4.69) is 32.3 Å². The molecule has 5 nitrogen and oxygen atoms in total. The molecule has 2 N–H and O–H groups in total. The number of nitrogens with one attached hydrogen (secondary N) is 2. The zero-order valence-corrected chi connectivity index (χ0v) is 11.6. The van der Waals surface area contributed by atoms with E-state index in [1.807, 2.05) is 12.1 Å². The first-order chi connectivity index (χ1) is 8.72. The number of aromatic amines is 1. The summed E-state index contributed by atoms with van der Waals surface area (Å²) in [7, 11) is 0. The molecule has 3 heterocycles. The van der Waals surface area contributed by atoms with E-state index in [1.165, 1.54) is 11.3 Å². The largest absolute Gasteiger partial charge is 0.337 e.